The summed E-state index contributed by atoms with van der Waals surface area (Å²) in [6, 6.07) is 26.6. The average molecular weight is 1830 g/mol. The molecule has 11 nitrogen and oxygen atoms in total. The van der Waals surface area contributed by atoms with E-state index >= 15 is 0 Å². The van der Waals surface area contributed by atoms with E-state index in [9.17, 15) is 126 Å². The van der Waals surface area contributed by atoms with Crippen molar-refractivity contribution in [3.63, 3.8) is 0 Å². The quantitative estimate of drug-likeness (QED) is 0.0161. The number of alkyl halides is 2. The molecular formula is C45H24AgCl2F21I3O11S4. The molecule has 42 heteroatoms. The molecule has 0 atom stereocenters. The second-order valence-electron chi connectivity index (χ2n) is 14.4. The SMILES string of the molecule is ClCc1ccccc1.I.II.O=S(=O)(Cl)c1c(F)c(F)c(F)c(F)c1F.O=S(=O)(O)c1c(F)c(F)c(F)c(F)c1F.O=S(=O)(O)c1c(F)c(F)c(F)c(F)c1F.O=S(=O)(OCc1ccccc1)c1c(F)c(F)c(F)c(F)c1F.[18F]Cc1ccccc1.[Ag]. The van der Waals surface area contributed by atoms with Crippen molar-refractivity contribution in [3.8, 4) is 0 Å². The third kappa shape index (κ3) is 23.5. The molecule has 2 N–H and O–H groups in total. The summed E-state index contributed by atoms with van der Waals surface area (Å²) in [5.74, 6) is -48.8. The monoisotopic (exact) mass is 1820 g/mol. The summed E-state index contributed by atoms with van der Waals surface area (Å²) in [7, 11) is -16.8. The predicted molar refractivity (Wildman–Crippen MR) is 287 cm³/mol. The van der Waals surface area contributed by atoms with Crippen LogP contribution < -0.4 is 0 Å². The Balaban J connectivity index is 0. The number of benzene rings is 7. The largest absolute Gasteiger partial charge is 0.303 e. The summed E-state index contributed by atoms with van der Waals surface area (Å²) in [5, 5.41) is 0. The topological polar surface area (TPSA) is 186 Å². The van der Waals surface area contributed by atoms with E-state index < -0.39 is 182 Å². The van der Waals surface area contributed by atoms with Crippen molar-refractivity contribution in [1.82, 2.24) is 0 Å². The first-order valence-electron chi connectivity index (χ1n) is 20.4. The third-order valence-corrected chi connectivity index (χ3v) is 13.6. The van der Waals surface area contributed by atoms with Gasteiger partial charge in [-0.25, -0.2) is 101 Å². The molecule has 0 heterocycles. The van der Waals surface area contributed by atoms with Crippen LogP contribution in [0.5, 0.6) is 0 Å². The van der Waals surface area contributed by atoms with Crippen molar-refractivity contribution < 1.29 is 162 Å². The minimum atomic E-state index is -5.52. The molecular weight excluding hydrogens is 1800 g/mol. The summed E-state index contributed by atoms with van der Waals surface area (Å²) in [4.78, 5) is -8.60. The van der Waals surface area contributed by atoms with Crippen molar-refractivity contribution in [2.45, 2.75) is 38.7 Å². The van der Waals surface area contributed by atoms with E-state index in [1.165, 1.54) is 17.7 Å². The summed E-state index contributed by atoms with van der Waals surface area (Å²) >= 11 is 9.77. The van der Waals surface area contributed by atoms with Gasteiger partial charge in [0.05, 0.1) is 6.61 Å². The molecule has 0 aliphatic rings. The third-order valence-electron chi connectivity index (χ3n) is 8.91. The van der Waals surface area contributed by atoms with Crippen molar-refractivity contribution in [3.05, 3.63) is 224 Å². The van der Waals surface area contributed by atoms with Crippen LogP contribution in [0.2, 0.25) is 0 Å². The molecule has 0 aromatic heterocycles. The van der Waals surface area contributed by atoms with Crippen molar-refractivity contribution in [2.24, 2.45) is 0 Å². The smallest absolute Gasteiger partial charge is 0.282 e. The Labute approximate surface area is 542 Å². The van der Waals surface area contributed by atoms with Crippen LogP contribution in [0.15, 0.2) is 111 Å². The van der Waals surface area contributed by atoms with Crippen molar-refractivity contribution in [2.75, 3.05) is 0 Å². The molecule has 0 unspecified atom stereocenters. The van der Waals surface area contributed by atoms with Gasteiger partial charge in [-0.15, -0.1) is 35.6 Å². The van der Waals surface area contributed by atoms with Gasteiger partial charge in [0, 0.05) is 76.2 Å². The average Bonchev–Trinajstić information content (AvgIpc) is 2.38. The van der Waals surface area contributed by atoms with Gasteiger partial charge in [-0.1, -0.05) is 91.0 Å². The van der Waals surface area contributed by atoms with Crippen LogP contribution in [0.25, 0.3) is 0 Å². The predicted octanol–water partition coefficient (Wildman–Crippen LogP) is 15.8. The molecule has 7 aromatic carbocycles. The van der Waals surface area contributed by atoms with Crippen molar-refractivity contribution in [1.29, 1.82) is 0 Å². The van der Waals surface area contributed by atoms with Gasteiger partial charge in [0.1, 0.15) is 6.67 Å². The first-order valence-corrected chi connectivity index (χ1v) is 33.8. The van der Waals surface area contributed by atoms with Gasteiger partial charge in [0.2, 0.25) is 23.3 Å². The molecule has 87 heavy (non-hydrogen) atoms. The van der Waals surface area contributed by atoms with Gasteiger partial charge < -0.3 is 0 Å². The normalized spacial score (nSPS) is 10.8. The Bertz CT molecular complexity index is 3580. The Morgan fingerprint density at radius 1 is 0.356 bits per heavy atom. The molecule has 1 radical (unpaired) electrons. The van der Waals surface area contributed by atoms with Crippen LogP contribution in [-0.2, 0) is 85.1 Å². The fourth-order valence-electron chi connectivity index (χ4n) is 5.14. The molecule has 0 aliphatic carbocycles. The van der Waals surface area contributed by atoms with Crippen LogP contribution in [0.4, 0.5) is 92.2 Å². The van der Waals surface area contributed by atoms with Crippen LogP contribution in [0.3, 0.4) is 0 Å². The first-order chi connectivity index (χ1) is 39.1. The van der Waals surface area contributed by atoms with Gasteiger partial charge in [-0.05, 0) is 16.7 Å². The number of hydrogen-bond donors (Lipinski definition) is 2. The molecule has 0 saturated heterocycles. The Morgan fingerprint density at radius 3 is 0.759 bits per heavy atom. The number of halogens is 26. The van der Waals surface area contributed by atoms with E-state index in [1.54, 1.807) is 30.3 Å². The minimum absolute atomic E-state index is 0. The second kappa shape index (κ2) is 37.6. The summed E-state index contributed by atoms with van der Waals surface area (Å²) in [6.07, 6.45) is 0. The summed E-state index contributed by atoms with van der Waals surface area (Å²) < 4.78 is 372. The van der Waals surface area contributed by atoms with Gasteiger partial charge in [0.25, 0.3) is 9.05 Å². The fourth-order valence-corrected chi connectivity index (χ4v) is 8.62. The Morgan fingerprint density at radius 2 is 0.563 bits per heavy atom. The van der Waals surface area contributed by atoms with Crippen LogP contribution >= 0.6 is 83.5 Å². The fraction of sp³-hybridized carbons (Fsp3) is 0.0667. The van der Waals surface area contributed by atoms with Gasteiger partial charge in [-0.3, -0.25) is 13.3 Å². The van der Waals surface area contributed by atoms with Gasteiger partial charge in [-0.2, -0.15) is 25.3 Å². The van der Waals surface area contributed by atoms with E-state index in [4.69, 9.17) is 20.7 Å². The van der Waals surface area contributed by atoms with Crippen LogP contribution in [-0.4, -0.2) is 42.8 Å². The number of rotatable bonds is 9. The zero-order valence-electron chi connectivity index (χ0n) is 40.6. The molecule has 487 valence electrons. The Kier molecular flexibility index (Phi) is 36.8. The molecule has 0 fully saturated rings. The maximum atomic E-state index is 13.4. The second-order valence-corrected chi connectivity index (χ2v) is 21.5. The maximum absolute atomic E-state index is 13.4. The molecule has 0 aliphatic heterocycles. The van der Waals surface area contributed by atoms with Gasteiger partial charge >= 0.3 is 30.4 Å². The molecule has 0 amide bonds. The van der Waals surface area contributed by atoms with E-state index in [0.717, 1.165) is 5.56 Å². The van der Waals surface area contributed by atoms with Crippen LogP contribution in [0, 0.1) is 116 Å². The van der Waals surface area contributed by atoms with Crippen LogP contribution in [0.1, 0.15) is 16.7 Å². The molecule has 0 saturated carbocycles. The standard InChI is InChI=1S/C13H7F5O3S.C7H7Cl.C7H7F.C6ClF5O2S.2C6HF5O3S.Ag.I2.HI/c14-8-9(15)11(17)13(12(18)10(8)16)22(19,20)21-6-7-4-2-1-3-5-7;2*8-6-7-4-2-1-3-5-7;7-15(13,14)6-4(11)2(9)1(8)3(10)5(6)12;2*7-1-2(8)4(10)6(15(12,13)14)5(11)3(1)9;;1-2;/h1-5H,6H2;2*1-5H,6H2;;2*(H,12,13,14);;;1H/i;;8-1;;;;;;. The maximum Gasteiger partial charge on any atom is 0.303 e. The van der Waals surface area contributed by atoms with Gasteiger partial charge in [0.15, 0.2) is 113 Å². The Hall–Kier alpha value is -3.74. The first kappa shape index (κ1) is 85.3. The van der Waals surface area contributed by atoms with E-state index in [2.05, 4.69) is 52.1 Å². The summed E-state index contributed by atoms with van der Waals surface area (Å²) in [5.41, 5.74) is 2.25. The minimum Gasteiger partial charge on any atom is -0.282 e. The van der Waals surface area contributed by atoms with E-state index in [0.29, 0.717) is 11.4 Å². The zero-order valence-corrected chi connectivity index (χ0v) is 53.5. The molecule has 7 rings (SSSR count). The van der Waals surface area contributed by atoms with E-state index in [1.807, 2.05) is 48.5 Å². The van der Waals surface area contributed by atoms with E-state index in [-0.39, 0.29) is 53.0 Å². The van der Waals surface area contributed by atoms with Crippen molar-refractivity contribution >= 4 is 123 Å². The zero-order chi connectivity index (χ0) is 66.0. The number of hydrogen-bond acceptors (Lipinski definition) is 9. The molecule has 7 aromatic rings. The summed E-state index contributed by atoms with van der Waals surface area (Å²) in [6.45, 7) is -0.983. The molecule has 0 spiro atoms. The molecule has 0 bridgehead atoms.